The van der Waals surface area contributed by atoms with Crippen molar-refractivity contribution in [3.8, 4) is 0 Å². The van der Waals surface area contributed by atoms with Crippen molar-refractivity contribution in [2.75, 3.05) is 7.05 Å². The first kappa shape index (κ1) is 9.32. The van der Waals surface area contributed by atoms with Crippen molar-refractivity contribution in [3.05, 3.63) is 33.8 Å². The lowest BCUT2D eigenvalue weighted by molar-refractivity contribution is 0.507. The zero-order valence-corrected chi connectivity index (χ0v) is 7.90. The molecule has 0 aromatic heterocycles. The van der Waals surface area contributed by atoms with Crippen LogP contribution < -0.4 is 0 Å². The predicted octanol–water partition coefficient (Wildman–Crippen LogP) is 2.78. The van der Waals surface area contributed by atoms with Crippen molar-refractivity contribution < 1.29 is 8.78 Å². The number of rotatable bonds is 1. The molecule has 0 radical (unpaired) electrons. The minimum absolute atomic E-state index is 0.143. The molecule has 0 aliphatic heterocycles. The Morgan fingerprint density at radius 3 is 2.67 bits per heavy atom. The smallest absolute Gasteiger partial charge is 0.167 e. The van der Waals surface area contributed by atoms with E-state index in [-0.39, 0.29) is 5.56 Å². The highest BCUT2D eigenvalue weighted by atomic mass is 79.9. The predicted molar refractivity (Wildman–Crippen MR) is 47.6 cm³/mol. The van der Waals surface area contributed by atoms with Gasteiger partial charge in [0.15, 0.2) is 11.6 Å². The molecule has 12 heavy (non-hydrogen) atoms. The molecule has 1 aromatic rings. The van der Waals surface area contributed by atoms with Gasteiger partial charge in [0.25, 0.3) is 0 Å². The van der Waals surface area contributed by atoms with Gasteiger partial charge in [-0.1, -0.05) is 15.9 Å². The van der Waals surface area contributed by atoms with E-state index < -0.39 is 11.6 Å². The van der Waals surface area contributed by atoms with E-state index in [1.54, 1.807) is 0 Å². The van der Waals surface area contributed by atoms with Crippen molar-refractivity contribution in [2.24, 2.45) is 4.99 Å². The van der Waals surface area contributed by atoms with E-state index in [0.29, 0.717) is 4.47 Å². The third-order valence-electron chi connectivity index (χ3n) is 1.29. The van der Waals surface area contributed by atoms with Crippen molar-refractivity contribution in [1.29, 1.82) is 0 Å². The van der Waals surface area contributed by atoms with E-state index in [2.05, 4.69) is 20.9 Å². The molecule has 64 valence electrons. The Kier molecular flexibility index (Phi) is 2.92. The maximum Gasteiger partial charge on any atom is 0.167 e. The molecule has 0 aliphatic carbocycles. The fourth-order valence-corrected chi connectivity index (χ4v) is 1.26. The average Bonchev–Trinajstić information content (AvgIpc) is 2.00. The molecule has 0 N–H and O–H groups in total. The Morgan fingerprint density at radius 2 is 2.08 bits per heavy atom. The van der Waals surface area contributed by atoms with E-state index in [1.807, 2.05) is 0 Å². The monoisotopic (exact) mass is 233 g/mol. The van der Waals surface area contributed by atoms with Crippen LogP contribution in [-0.4, -0.2) is 13.3 Å². The largest absolute Gasteiger partial charge is 0.296 e. The maximum absolute atomic E-state index is 12.9. The van der Waals surface area contributed by atoms with Crippen molar-refractivity contribution in [2.45, 2.75) is 0 Å². The summed E-state index contributed by atoms with van der Waals surface area (Å²) < 4.78 is 26.1. The van der Waals surface area contributed by atoms with Crippen LogP contribution in [0.5, 0.6) is 0 Å². The molecule has 1 aromatic carbocycles. The lowest BCUT2D eigenvalue weighted by Crippen LogP contribution is -1.92. The van der Waals surface area contributed by atoms with Crippen LogP contribution in [0.4, 0.5) is 8.78 Å². The van der Waals surface area contributed by atoms with Crippen LogP contribution in [-0.2, 0) is 0 Å². The zero-order valence-electron chi connectivity index (χ0n) is 6.31. The number of benzene rings is 1. The van der Waals surface area contributed by atoms with Gasteiger partial charge in [-0.25, -0.2) is 8.78 Å². The first-order valence-corrected chi connectivity index (χ1v) is 4.01. The molecule has 0 saturated carbocycles. The highest BCUT2D eigenvalue weighted by Crippen LogP contribution is 2.17. The number of hydrogen-bond acceptors (Lipinski definition) is 1. The third-order valence-corrected chi connectivity index (χ3v) is 1.75. The molecule has 0 amide bonds. The second kappa shape index (κ2) is 3.76. The highest BCUT2D eigenvalue weighted by Gasteiger charge is 2.07. The van der Waals surface area contributed by atoms with Crippen LogP contribution >= 0.6 is 15.9 Å². The van der Waals surface area contributed by atoms with Gasteiger partial charge in [0.2, 0.25) is 0 Å². The summed E-state index contributed by atoms with van der Waals surface area (Å²) in [6.45, 7) is 0. The standard InChI is InChI=1S/C8H6BrF2N/c1-12-4-5-2-6(9)3-7(10)8(5)11/h2-4H,1H3. The van der Waals surface area contributed by atoms with Crippen LogP contribution in [0.1, 0.15) is 5.56 Å². The first-order chi connectivity index (χ1) is 5.65. The molecular weight excluding hydrogens is 228 g/mol. The summed E-state index contributed by atoms with van der Waals surface area (Å²) in [7, 11) is 1.50. The molecule has 1 nitrogen and oxygen atoms in total. The third kappa shape index (κ3) is 1.88. The van der Waals surface area contributed by atoms with E-state index in [1.165, 1.54) is 19.3 Å². The summed E-state index contributed by atoms with van der Waals surface area (Å²) in [4.78, 5) is 3.60. The molecule has 1 rings (SSSR count). The number of halogens is 3. The van der Waals surface area contributed by atoms with Crippen LogP contribution in [0.3, 0.4) is 0 Å². The molecule has 0 aliphatic rings. The maximum atomic E-state index is 12.9. The van der Waals surface area contributed by atoms with Gasteiger partial charge in [0, 0.05) is 23.3 Å². The average molecular weight is 234 g/mol. The summed E-state index contributed by atoms with van der Waals surface area (Å²) in [5, 5.41) is 0. The lowest BCUT2D eigenvalue weighted by Gasteiger charge is -1.98. The Morgan fingerprint density at radius 1 is 1.42 bits per heavy atom. The summed E-state index contributed by atoms with van der Waals surface area (Å²) in [6.07, 6.45) is 1.27. The van der Waals surface area contributed by atoms with Crippen LogP contribution in [0.2, 0.25) is 0 Å². The molecular formula is C8H6BrF2N. The number of aliphatic imine (C=N–C) groups is 1. The van der Waals surface area contributed by atoms with Gasteiger partial charge < -0.3 is 0 Å². The van der Waals surface area contributed by atoms with Crippen molar-refractivity contribution >= 4 is 22.1 Å². The second-order valence-corrected chi connectivity index (χ2v) is 3.09. The lowest BCUT2D eigenvalue weighted by atomic mass is 10.2. The quantitative estimate of drug-likeness (QED) is 0.523. The minimum Gasteiger partial charge on any atom is -0.296 e. The van der Waals surface area contributed by atoms with E-state index in [0.717, 1.165) is 6.07 Å². The summed E-state index contributed by atoms with van der Waals surface area (Å²) in [5.74, 6) is -1.75. The van der Waals surface area contributed by atoms with E-state index in [9.17, 15) is 8.78 Å². The molecule has 0 unspecified atom stereocenters. The van der Waals surface area contributed by atoms with Crippen molar-refractivity contribution in [3.63, 3.8) is 0 Å². The normalized spacial score (nSPS) is 11.0. The van der Waals surface area contributed by atoms with Crippen LogP contribution in [0.25, 0.3) is 0 Å². The highest BCUT2D eigenvalue weighted by molar-refractivity contribution is 9.10. The zero-order chi connectivity index (χ0) is 9.14. The molecule has 0 atom stereocenters. The Bertz CT molecular complexity index is 323. The van der Waals surface area contributed by atoms with Crippen LogP contribution in [0, 0.1) is 11.6 Å². The fraction of sp³-hybridized carbons (Fsp3) is 0.125. The molecule has 0 saturated heterocycles. The number of hydrogen-bond donors (Lipinski definition) is 0. The van der Waals surface area contributed by atoms with Gasteiger partial charge in [0.1, 0.15) is 0 Å². The topological polar surface area (TPSA) is 12.4 Å². The van der Waals surface area contributed by atoms with Crippen LogP contribution in [0.15, 0.2) is 21.6 Å². The SMILES string of the molecule is CN=Cc1cc(Br)cc(F)c1F. The van der Waals surface area contributed by atoms with Gasteiger partial charge in [-0.2, -0.15) is 0 Å². The number of nitrogens with zero attached hydrogens (tertiary/aromatic N) is 1. The van der Waals surface area contributed by atoms with Crippen molar-refractivity contribution in [1.82, 2.24) is 0 Å². The molecule has 4 heteroatoms. The summed E-state index contributed by atoms with van der Waals surface area (Å²) in [6, 6.07) is 2.54. The fourth-order valence-electron chi connectivity index (χ4n) is 0.809. The molecule has 0 spiro atoms. The van der Waals surface area contributed by atoms with Gasteiger partial charge in [-0.15, -0.1) is 0 Å². The Balaban J connectivity index is 3.27. The molecule has 0 heterocycles. The van der Waals surface area contributed by atoms with E-state index >= 15 is 0 Å². The van der Waals surface area contributed by atoms with Gasteiger partial charge in [0.05, 0.1) is 0 Å². The second-order valence-electron chi connectivity index (χ2n) is 2.18. The Hall–Kier alpha value is -0.770. The van der Waals surface area contributed by atoms with Gasteiger partial charge in [-0.05, 0) is 12.1 Å². The Labute approximate surface area is 77.3 Å². The summed E-state index contributed by atoms with van der Waals surface area (Å²) >= 11 is 3.05. The van der Waals surface area contributed by atoms with Gasteiger partial charge >= 0.3 is 0 Å². The minimum atomic E-state index is -0.876. The van der Waals surface area contributed by atoms with Gasteiger partial charge in [-0.3, -0.25) is 4.99 Å². The first-order valence-electron chi connectivity index (χ1n) is 3.22. The summed E-state index contributed by atoms with van der Waals surface area (Å²) in [5.41, 5.74) is 0.143. The molecule has 0 fully saturated rings. The molecule has 0 bridgehead atoms. The van der Waals surface area contributed by atoms with E-state index in [4.69, 9.17) is 0 Å².